The fourth-order valence-electron chi connectivity index (χ4n) is 0.424. The second-order valence-electron chi connectivity index (χ2n) is 2.26. The van der Waals surface area contributed by atoms with Crippen LogP contribution in [-0.2, 0) is 4.74 Å². The minimum absolute atomic E-state index is 0.288. The molecule has 0 aliphatic heterocycles. The van der Waals surface area contributed by atoms with Crippen LogP contribution in [-0.4, -0.2) is 41.6 Å². The maximum absolute atomic E-state index is 12.4. The number of aliphatic hydroxyl groups is 1. The summed E-state index contributed by atoms with van der Waals surface area (Å²) in [6, 6.07) is 0. The Morgan fingerprint density at radius 1 is 1.58 bits per heavy atom. The highest BCUT2D eigenvalue weighted by Gasteiger charge is 2.29. The summed E-state index contributed by atoms with van der Waals surface area (Å²) in [5.74, 6) is -3.79. The van der Waals surface area contributed by atoms with Gasteiger partial charge in [-0.2, -0.15) is 0 Å². The summed E-state index contributed by atoms with van der Waals surface area (Å²) in [4.78, 5) is 0. The molecular weight excluding hydrogens is 257 g/mol. The fraction of sp³-hybridized carbons (Fsp3) is 1.00. The normalized spacial score (nSPS) is 14.8. The molecule has 74 valence electrons. The van der Waals surface area contributed by atoms with E-state index in [4.69, 9.17) is 16.7 Å². The summed E-state index contributed by atoms with van der Waals surface area (Å²) in [5, 5.41) is 8.88. The van der Waals surface area contributed by atoms with Gasteiger partial charge in [0.25, 0.3) is 5.92 Å². The number of alkyl halides is 4. The van der Waals surface area contributed by atoms with E-state index in [9.17, 15) is 8.78 Å². The number of aliphatic hydroxyl groups excluding tert-OH is 1. The van der Waals surface area contributed by atoms with Crippen LogP contribution in [0.25, 0.3) is 0 Å². The van der Waals surface area contributed by atoms with Crippen molar-refractivity contribution in [3.8, 4) is 0 Å². The SMILES string of the molecule is OCC(CBr)OCC(F)(F)CCl. The zero-order chi connectivity index (χ0) is 9.61. The van der Waals surface area contributed by atoms with Crippen molar-refractivity contribution < 1.29 is 18.6 Å². The van der Waals surface area contributed by atoms with Crippen molar-refractivity contribution in [2.45, 2.75) is 12.0 Å². The van der Waals surface area contributed by atoms with E-state index in [0.717, 1.165) is 0 Å². The largest absolute Gasteiger partial charge is 0.394 e. The minimum atomic E-state index is -3.02. The van der Waals surface area contributed by atoms with Crippen LogP contribution in [0.15, 0.2) is 0 Å². The zero-order valence-electron chi connectivity index (χ0n) is 6.27. The van der Waals surface area contributed by atoms with Gasteiger partial charge >= 0.3 is 0 Å². The first-order chi connectivity index (χ1) is 5.55. The third-order valence-electron chi connectivity index (χ3n) is 1.10. The van der Waals surface area contributed by atoms with E-state index in [0.29, 0.717) is 5.33 Å². The smallest absolute Gasteiger partial charge is 0.284 e. The molecule has 0 bridgehead atoms. The number of hydrogen-bond donors (Lipinski definition) is 1. The maximum Gasteiger partial charge on any atom is 0.284 e. The number of ether oxygens (including phenoxy) is 1. The molecular formula is C6H10BrClF2O2. The molecule has 0 spiro atoms. The van der Waals surface area contributed by atoms with Crippen LogP contribution < -0.4 is 0 Å². The first kappa shape index (κ1) is 12.6. The molecule has 1 unspecified atom stereocenters. The maximum atomic E-state index is 12.4. The van der Waals surface area contributed by atoms with Crippen molar-refractivity contribution >= 4 is 27.5 Å². The Hall–Kier alpha value is 0.550. The second kappa shape index (κ2) is 6.07. The number of halogens is 4. The lowest BCUT2D eigenvalue weighted by atomic mass is 10.4. The summed E-state index contributed by atoms with van der Waals surface area (Å²) in [5.41, 5.74) is 0. The molecule has 0 heterocycles. The zero-order valence-corrected chi connectivity index (χ0v) is 8.62. The van der Waals surface area contributed by atoms with E-state index in [1.54, 1.807) is 0 Å². The van der Waals surface area contributed by atoms with Gasteiger partial charge in [0.15, 0.2) is 0 Å². The fourth-order valence-corrected chi connectivity index (χ4v) is 0.893. The minimum Gasteiger partial charge on any atom is -0.394 e. The lowest BCUT2D eigenvalue weighted by Crippen LogP contribution is -2.31. The van der Waals surface area contributed by atoms with Gasteiger partial charge in [0.05, 0.1) is 18.6 Å². The molecule has 2 nitrogen and oxygen atoms in total. The topological polar surface area (TPSA) is 29.5 Å². The first-order valence-electron chi connectivity index (χ1n) is 3.28. The molecule has 6 heteroatoms. The molecule has 0 amide bonds. The highest BCUT2D eigenvalue weighted by atomic mass is 79.9. The third-order valence-corrected chi connectivity index (χ3v) is 2.21. The summed E-state index contributed by atoms with van der Waals surface area (Å²) < 4.78 is 29.5. The molecule has 0 aromatic carbocycles. The van der Waals surface area contributed by atoms with Gasteiger partial charge in [-0.3, -0.25) is 0 Å². The first-order valence-corrected chi connectivity index (χ1v) is 4.93. The molecule has 0 radical (unpaired) electrons. The highest BCUT2D eigenvalue weighted by molar-refractivity contribution is 9.09. The van der Waals surface area contributed by atoms with Gasteiger partial charge in [-0.15, -0.1) is 11.6 Å². The van der Waals surface area contributed by atoms with E-state index in [2.05, 4.69) is 20.7 Å². The lowest BCUT2D eigenvalue weighted by molar-refractivity contribution is -0.0884. The molecule has 0 saturated carbocycles. The quantitative estimate of drug-likeness (QED) is 0.741. The van der Waals surface area contributed by atoms with Gasteiger partial charge < -0.3 is 9.84 Å². The van der Waals surface area contributed by atoms with Crippen molar-refractivity contribution in [2.75, 3.05) is 24.4 Å². The van der Waals surface area contributed by atoms with E-state index in [-0.39, 0.29) is 6.61 Å². The van der Waals surface area contributed by atoms with E-state index >= 15 is 0 Å². The molecule has 0 aliphatic rings. The summed E-state index contributed by atoms with van der Waals surface area (Å²) in [7, 11) is 0. The predicted octanol–water partition coefficient (Wildman–Crippen LogP) is 1.63. The molecule has 0 aromatic rings. The summed E-state index contributed by atoms with van der Waals surface area (Å²) in [6.07, 6.45) is -0.598. The molecule has 0 saturated heterocycles. The number of rotatable bonds is 6. The van der Waals surface area contributed by atoms with Crippen LogP contribution in [0, 0.1) is 0 Å². The second-order valence-corrected chi connectivity index (χ2v) is 3.17. The Balaban J connectivity index is 3.65. The molecule has 1 atom stereocenters. The van der Waals surface area contributed by atoms with Crippen molar-refractivity contribution in [3.63, 3.8) is 0 Å². The monoisotopic (exact) mass is 266 g/mol. The van der Waals surface area contributed by atoms with E-state index in [1.165, 1.54) is 0 Å². The molecule has 0 fully saturated rings. The van der Waals surface area contributed by atoms with Crippen LogP contribution in [0.4, 0.5) is 8.78 Å². The number of hydrogen-bond acceptors (Lipinski definition) is 2. The van der Waals surface area contributed by atoms with Crippen LogP contribution in [0.1, 0.15) is 0 Å². The standard InChI is InChI=1S/C6H10BrClF2O2/c7-1-5(2-11)12-4-6(9,10)3-8/h5,11H,1-4H2. The van der Waals surface area contributed by atoms with Crippen molar-refractivity contribution in [2.24, 2.45) is 0 Å². The van der Waals surface area contributed by atoms with Gasteiger partial charge in [0.1, 0.15) is 6.61 Å². The Kier molecular flexibility index (Phi) is 6.35. The Labute approximate surface area is 83.0 Å². The van der Waals surface area contributed by atoms with Crippen LogP contribution in [0.5, 0.6) is 0 Å². The Bertz CT molecular complexity index is 122. The van der Waals surface area contributed by atoms with Crippen molar-refractivity contribution in [1.82, 2.24) is 0 Å². The van der Waals surface area contributed by atoms with Gasteiger partial charge in [-0.1, -0.05) is 15.9 Å². The molecule has 12 heavy (non-hydrogen) atoms. The lowest BCUT2D eigenvalue weighted by Gasteiger charge is -2.17. The van der Waals surface area contributed by atoms with Gasteiger partial charge in [-0.25, -0.2) is 8.78 Å². The van der Waals surface area contributed by atoms with Gasteiger partial charge in [0.2, 0.25) is 0 Å². The van der Waals surface area contributed by atoms with E-state index in [1.807, 2.05) is 0 Å². The summed E-state index contributed by atoms with van der Waals surface area (Å²) in [6.45, 7) is -1.04. The molecule has 0 aliphatic carbocycles. The Morgan fingerprint density at radius 3 is 2.50 bits per heavy atom. The van der Waals surface area contributed by atoms with Crippen molar-refractivity contribution in [1.29, 1.82) is 0 Å². The molecule has 0 rings (SSSR count). The molecule has 0 aromatic heterocycles. The predicted molar refractivity (Wildman–Crippen MR) is 46.3 cm³/mol. The van der Waals surface area contributed by atoms with Crippen LogP contribution in [0.3, 0.4) is 0 Å². The van der Waals surface area contributed by atoms with Gasteiger partial charge in [0, 0.05) is 5.33 Å². The third kappa shape index (κ3) is 5.24. The average molecular weight is 267 g/mol. The molecule has 1 N–H and O–H groups in total. The Morgan fingerprint density at radius 2 is 2.17 bits per heavy atom. The van der Waals surface area contributed by atoms with E-state index < -0.39 is 24.5 Å². The van der Waals surface area contributed by atoms with Gasteiger partial charge in [-0.05, 0) is 0 Å². The van der Waals surface area contributed by atoms with Crippen LogP contribution >= 0.6 is 27.5 Å². The highest BCUT2D eigenvalue weighted by Crippen LogP contribution is 2.16. The average Bonchev–Trinajstić information content (AvgIpc) is 2.06. The van der Waals surface area contributed by atoms with Crippen LogP contribution in [0.2, 0.25) is 0 Å². The van der Waals surface area contributed by atoms with Crippen molar-refractivity contribution in [3.05, 3.63) is 0 Å². The summed E-state index contributed by atoms with van der Waals surface area (Å²) >= 11 is 7.96.